The lowest BCUT2D eigenvalue weighted by molar-refractivity contribution is 0.0954. The average molecular weight is 340 g/mol. The molecule has 0 spiro atoms. The number of rotatable bonds is 7. The highest BCUT2D eigenvalue weighted by Crippen LogP contribution is 2.12. The fraction of sp³-hybridized carbons (Fsp3) is 0.263. The van der Waals surface area contributed by atoms with Gasteiger partial charge in [-0.15, -0.1) is 0 Å². The molecule has 0 aliphatic carbocycles. The molecule has 0 saturated heterocycles. The number of aliphatic imine (C=N–C) groups is 1. The summed E-state index contributed by atoms with van der Waals surface area (Å²) in [5, 5.41) is 5.85. The van der Waals surface area contributed by atoms with Crippen LogP contribution in [0.3, 0.4) is 0 Å². The SMILES string of the molecule is CCc1cccc(NC(N)=NCCNC(=O)c2cccc(OC)c2)c1. The predicted molar refractivity (Wildman–Crippen MR) is 101 cm³/mol. The fourth-order valence-corrected chi connectivity index (χ4v) is 2.27. The molecule has 0 aliphatic rings. The van der Waals surface area contributed by atoms with Crippen molar-refractivity contribution < 1.29 is 9.53 Å². The molecule has 6 heteroatoms. The van der Waals surface area contributed by atoms with Crippen molar-refractivity contribution >= 4 is 17.6 Å². The smallest absolute Gasteiger partial charge is 0.251 e. The van der Waals surface area contributed by atoms with Gasteiger partial charge in [0.25, 0.3) is 5.91 Å². The van der Waals surface area contributed by atoms with Crippen molar-refractivity contribution in [1.82, 2.24) is 5.32 Å². The zero-order chi connectivity index (χ0) is 18.1. The van der Waals surface area contributed by atoms with Crippen LogP contribution in [0, 0.1) is 0 Å². The molecular formula is C19H24N4O2. The minimum Gasteiger partial charge on any atom is -0.497 e. The van der Waals surface area contributed by atoms with E-state index in [4.69, 9.17) is 10.5 Å². The lowest BCUT2D eigenvalue weighted by Gasteiger charge is -2.08. The quantitative estimate of drug-likeness (QED) is 0.410. The molecule has 2 aromatic rings. The number of guanidine groups is 1. The Morgan fingerprint density at radius 1 is 1.20 bits per heavy atom. The number of hydrogen-bond donors (Lipinski definition) is 3. The highest BCUT2D eigenvalue weighted by Gasteiger charge is 2.05. The summed E-state index contributed by atoms with van der Waals surface area (Å²) < 4.78 is 5.11. The van der Waals surface area contributed by atoms with E-state index in [1.165, 1.54) is 5.56 Å². The summed E-state index contributed by atoms with van der Waals surface area (Å²) in [6, 6.07) is 15.0. The summed E-state index contributed by atoms with van der Waals surface area (Å²) in [7, 11) is 1.57. The molecule has 2 rings (SSSR count). The van der Waals surface area contributed by atoms with Gasteiger partial charge in [-0.05, 0) is 42.3 Å². The maximum Gasteiger partial charge on any atom is 0.251 e. The lowest BCUT2D eigenvalue weighted by Crippen LogP contribution is -2.28. The second kappa shape index (κ2) is 9.32. The first-order valence-electron chi connectivity index (χ1n) is 8.20. The molecule has 0 unspecified atom stereocenters. The predicted octanol–water partition coefficient (Wildman–Crippen LogP) is 2.41. The molecule has 0 fully saturated rings. The van der Waals surface area contributed by atoms with E-state index in [-0.39, 0.29) is 5.91 Å². The second-order valence-corrected chi connectivity index (χ2v) is 5.43. The van der Waals surface area contributed by atoms with Gasteiger partial charge < -0.3 is 21.1 Å². The van der Waals surface area contributed by atoms with Gasteiger partial charge in [-0.3, -0.25) is 9.79 Å². The van der Waals surface area contributed by atoms with Gasteiger partial charge in [0, 0.05) is 17.8 Å². The summed E-state index contributed by atoms with van der Waals surface area (Å²) in [4.78, 5) is 16.3. The zero-order valence-corrected chi connectivity index (χ0v) is 14.6. The molecule has 132 valence electrons. The van der Waals surface area contributed by atoms with Gasteiger partial charge in [0.2, 0.25) is 0 Å². The van der Waals surface area contributed by atoms with Crippen LogP contribution in [-0.4, -0.2) is 32.1 Å². The summed E-state index contributed by atoms with van der Waals surface area (Å²) in [6.07, 6.45) is 0.961. The lowest BCUT2D eigenvalue weighted by atomic mass is 10.1. The number of nitrogens with one attached hydrogen (secondary N) is 2. The van der Waals surface area contributed by atoms with E-state index in [0.29, 0.717) is 30.4 Å². The Bertz CT molecular complexity index is 744. The Kier molecular flexibility index (Phi) is 6.83. The zero-order valence-electron chi connectivity index (χ0n) is 14.6. The number of aryl methyl sites for hydroxylation is 1. The van der Waals surface area contributed by atoms with E-state index < -0.39 is 0 Å². The number of methoxy groups -OCH3 is 1. The standard InChI is InChI=1S/C19H24N4O2/c1-3-14-6-4-8-16(12-14)23-19(20)22-11-10-21-18(24)15-7-5-9-17(13-15)25-2/h4-9,12-13H,3,10-11H2,1-2H3,(H,21,24)(H3,20,22,23). The van der Waals surface area contributed by atoms with Gasteiger partial charge in [0.15, 0.2) is 5.96 Å². The van der Waals surface area contributed by atoms with Crippen LogP contribution in [-0.2, 0) is 6.42 Å². The number of amides is 1. The number of nitrogens with two attached hydrogens (primary N) is 1. The fourth-order valence-electron chi connectivity index (χ4n) is 2.27. The van der Waals surface area contributed by atoms with E-state index in [1.54, 1.807) is 31.4 Å². The number of nitrogens with zero attached hydrogens (tertiary/aromatic N) is 1. The number of ether oxygens (including phenoxy) is 1. The number of benzene rings is 2. The third-order valence-electron chi connectivity index (χ3n) is 3.62. The molecule has 0 atom stereocenters. The molecule has 0 radical (unpaired) electrons. The molecule has 0 saturated carbocycles. The molecule has 0 heterocycles. The topological polar surface area (TPSA) is 88.7 Å². The number of hydrogen-bond acceptors (Lipinski definition) is 3. The first kappa shape index (κ1) is 18.3. The maximum absolute atomic E-state index is 12.1. The normalized spacial score (nSPS) is 11.0. The van der Waals surface area contributed by atoms with Crippen LogP contribution >= 0.6 is 0 Å². The van der Waals surface area contributed by atoms with Crippen LogP contribution in [0.25, 0.3) is 0 Å². The molecular weight excluding hydrogens is 316 g/mol. The summed E-state index contributed by atoms with van der Waals surface area (Å²) in [5.74, 6) is 0.800. The Morgan fingerprint density at radius 3 is 2.76 bits per heavy atom. The van der Waals surface area contributed by atoms with Crippen molar-refractivity contribution in [3.05, 3.63) is 59.7 Å². The Labute approximate surface area is 148 Å². The van der Waals surface area contributed by atoms with E-state index in [9.17, 15) is 4.79 Å². The van der Waals surface area contributed by atoms with Crippen LogP contribution in [0.1, 0.15) is 22.8 Å². The molecule has 1 amide bonds. The molecule has 0 aliphatic heterocycles. The Hall–Kier alpha value is -3.02. The first-order valence-corrected chi connectivity index (χ1v) is 8.20. The highest BCUT2D eigenvalue weighted by atomic mass is 16.5. The molecule has 6 nitrogen and oxygen atoms in total. The average Bonchev–Trinajstić information content (AvgIpc) is 2.65. The minimum atomic E-state index is -0.170. The third kappa shape index (κ3) is 5.84. The van der Waals surface area contributed by atoms with Crippen LogP contribution in [0.15, 0.2) is 53.5 Å². The molecule has 25 heavy (non-hydrogen) atoms. The van der Waals surface area contributed by atoms with Crippen molar-refractivity contribution in [3.63, 3.8) is 0 Å². The first-order chi connectivity index (χ1) is 12.1. The van der Waals surface area contributed by atoms with E-state index in [1.807, 2.05) is 18.2 Å². The van der Waals surface area contributed by atoms with Crippen molar-refractivity contribution in [2.24, 2.45) is 10.7 Å². The highest BCUT2D eigenvalue weighted by molar-refractivity contribution is 5.94. The van der Waals surface area contributed by atoms with Crippen LogP contribution in [0.5, 0.6) is 5.75 Å². The molecule has 4 N–H and O–H groups in total. The number of carbonyl (C=O) groups excluding carboxylic acids is 1. The van der Waals surface area contributed by atoms with Crippen LogP contribution < -0.4 is 21.1 Å². The summed E-state index contributed by atoms with van der Waals surface area (Å²) in [5.41, 5.74) is 8.55. The monoisotopic (exact) mass is 340 g/mol. The van der Waals surface area contributed by atoms with Crippen molar-refractivity contribution in [2.75, 3.05) is 25.5 Å². The summed E-state index contributed by atoms with van der Waals surface area (Å²) in [6.45, 7) is 2.89. The van der Waals surface area contributed by atoms with Gasteiger partial charge >= 0.3 is 0 Å². The van der Waals surface area contributed by atoms with E-state index >= 15 is 0 Å². The van der Waals surface area contributed by atoms with Gasteiger partial charge in [-0.25, -0.2) is 0 Å². The number of anilines is 1. The van der Waals surface area contributed by atoms with Crippen molar-refractivity contribution in [2.45, 2.75) is 13.3 Å². The number of carbonyl (C=O) groups is 1. The van der Waals surface area contributed by atoms with Gasteiger partial charge in [0.05, 0.1) is 13.7 Å². The maximum atomic E-state index is 12.1. The molecule has 0 bridgehead atoms. The van der Waals surface area contributed by atoms with Crippen molar-refractivity contribution in [3.8, 4) is 5.75 Å². The van der Waals surface area contributed by atoms with Gasteiger partial charge in [-0.2, -0.15) is 0 Å². The molecule has 0 aromatic heterocycles. The minimum absolute atomic E-state index is 0.170. The third-order valence-corrected chi connectivity index (χ3v) is 3.62. The van der Waals surface area contributed by atoms with Crippen LogP contribution in [0.4, 0.5) is 5.69 Å². The second-order valence-electron chi connectivity index (χ2n) is 5.43. The van der Waals surface area contributed by atoms with Crippen LogP contribution in [0.2, 0.25) is 0 Å². The Balaban J connectivity index is 1.80. The molecule has 2 aromatic carbocycles. The van der Waals surface area contributed by atoms with E-state index in [2.05, 4.69) is 28.6 Å². The van der Waals surface area contributed by atoms with E-state index in [0.717, 1.165) is 12.1 Å². The van der Waals surface area contributed by atoms with Gasteiger partial charge in [-0.1, -0.05) is 25.1 Å². The van der Waals surface area contributed by atoms with Gasteiger partial charge in [0.1, 0.15) is 5.75 Å². The van der Waals surface area contributed by atoms with Crippen molar-refractivity contribution in [1.29, 1.82) is 0 Å². The summed E-state index contributed by atoms with van der Waals surface area (Å²) >= 11 is 0. The largest absolute Gasteiger partial charge is 0.497 e. The Morgan fingerprint density at radius 2 is 2.00 bits per heavy atom.